The lowest BCUT2D eigenvalue weighted by atomic mass is 10.1. The summed E-state index contributed by atoms with van der Waals surface area (Å²) in [7, 11) is 0. The van der Waals surface area contributed by atoms with Gasteiger partial charge in [0.15, 0.2) is 5.65 Å². The molecule has 2 heterocycles. The van der Waals surface area contributed by atoms with Crippen LogP contribution in [0, 0.1) is 12.7 Å². The first-order valence-corrected chi connectivity index (χ1v) is 10.4. The smallest absolute Gasteiger partial charge is 0.386 e. The molecule has 1 aliphatic rings. The second kappa shape index (κ2) is 9.06. The fourth-order valence-electron chi connectivity index (χ4n) is 3.54. The Morgan fingerprint density at radius 1 is 1.36 bits per heavy atom. The van der Waals surface area contributed by atoms with Crippen LogP contribution in [0.1, 0.15) is 57.6 Å². The number of alkyl halides is 3. The Bertz CT molecular complexity index is 1170. The third kappa shape index (κ3) is 5.14. The van der Waals surface area contributed by atoms with Crippen LogP contribution in [0.3, 0.4) is 0 Å². The molecule has 0 spiro atoms. The monoisotopic (exact) mass is 466 g/mol. The number of rotatable bonds is 8. The summed E-state index contributed by atoms with van der Waals surface area (Å²) in [6.45, 7) is 1.46. The minimum absolute atomic E-state index is 0.00255. The number of benzene rings is 1. The first kappa shape index (κ1) is 23.1. The van der Waals surface area contributed by atoms with Gasteiger partial charge in [-0.1, -0.05) is 6.07 Å². The molecule has 11 heteroatoms. The van der Waals surface area contributed by atoms with Crippen molar-refractivity contribution < 1.29 is 32.2 Å². The maximum absolute atomic E-state index is 13.9. The summed E-state index contributed by atoms with van der Waals surface area (Å²) in [4.78, 5) is 17.0. The lowest BCUT2D eigenvalue weighted by molar-refractivity contribution is -0.137. The first-order chi connectivity index (χ1) is 15.6. The Morgan fingerprint density at radius 2 is 2.12 bits per heavy atom. The number of amides is 1. The van der Waals surface area contributed by atoms with E-state index in [1.807, 2.05) is 6.20 Å². The van der Waals surface area contributed by atoms with Crippen molar-refractivity contribution in [1.82, 2.24) is 19.9 Å². The zero-order valence-corrected chi connectivity index (χ0v) is 17.7. The molecule has 0 aliphatic heterocycles. The summed E-state index contributed by atoms with van der Waals surface area (Å²) in [5, 5.41) is 17.1. The third-order valence-corrected chi connectivity index (χ3v) is 5.44. The van der Waals surface area contributed by atoms with E-state index in [1.165, 1.54) is 0 Å². The van der Waals surface area contributed by atoms with Crippen LogP contribution in [0.5, 0.6) is 0 Å². The average molecular weight is 466 g/mol. The summed E-state index contributed by atoms with van der Waals surface area (Å²) < 4.78 is 58.6. The zero-order valence-electron chi connectivity index (χ0n) is 17.7. The van der Waals surface area contributed by atoms with Crippen LogP contribution in [0.2, 0.25) is 0 Å². The Morgan fingerprint density at radius 3 is 2.79 bits per heavy atom. The van der Waals surface area contributed by atoms with E-state index in [4.69, 9.17) is 4.74 Å². The van der Waals surface area contributed by atoms with Crippen LogP contribution >= 0.6 is 0 Å². The lowest BCUT2D eigenvalue weighted by Crippen LogP contribution is -2.28. The van der Waals surface area contributed by atoms with Crippen LogP contribution < -0.4 is 5.32 Å². The molecule has 0 unspecified atom stereocenters. The van der Waals surface area contributed by atoms with Gasteiger partial charge in [0, 0.05) is 24.5 Å². The van der Waals surface area contributed by atoms with E-state index in [1.54, 1.807) is 17.6 Å². The molecular formula is C22H22F4N4O3. The minimum Gasteiger partial charge on any atom is -0.386 e. The molecule has 4 rings (SSSR count). The van der Waals surface area contributed by atoms with Crippen molar-refractivity contribution in [2.45, 2.75) is 38.0 Å². The Kier molecular flexibility index (Phi) is 6.35. The molecule has 33 heavy (non-hydrogen) atoms. The van der Waals surface area contributed by atoms with Crippen molar-refractivity contribution in [1.29, 1.82) is 0 Å². The maximum atomic E-state index is 13.9. The molecule has 1 fully saturated rings. The fraction of sp³-hybridized carbons (Fsp3) is 0.409. The van der Waals surface area contributed by atoms with Crippen molar-refractivity contribution in [3.63, 3.8) is 0 Å². The standard InChI is InChI=1S/C22H22F4N4O3/c1-12-19(20-28-9-14(13-2-3-13)10-30(20)29-12)21(32)27-6-7-33-11-18(31)16-5-4-15(8-17(16)23)22(24,25)26/h4-5,8-10,13,18,31H,2-3,6-7,11H2,1H3,(H,27,32)/t18-/m1/s1. The van der Waals surface area contributed by atoms with Crippen LogP contribution in [0.15, 0.2) is 30.6 Å². The molecule has 1 amide bonds. The van der Waals surface area contributed by atoms with Crippen LogP contribution in [0.25, 0.3) is 5.65 Å². The van der Waals surface area contributed by atoms with Gasteiger partial charge < -0.3 is 15.2 Å². The molecule has 2 N–H and O–H groups in total. The van der Waals surface area contributed by atoms with E-state index in [-0.39, 0.29) is 31.2 Å². The van der Waals surface area contributed by atoms with E-state index in [9.17, 15) is 27.5 Å². The number of aromatic nitrogens is 3. The van der Waals surface area contributed by atoms with Crippen LogP contribution in [0.4, 0.5) is 17.6 Å². The van der Waals surface area contributed by atoms with Gasteiger partial charge in [-0.15, -0.1) is 0 Å². The largest absolute Gasteiger partial charge is 0.416 e. The minimum atomic E-state index is -4.67. The molecule has 0 radical (unpaired) electrons. The van der Waals surface area contributed by atoms with Crippen molar-refractivity contribution in [2.24, 2.45) is 0 Å². The Balaban J connectivity index is 1.28. The number of hydrogen-bond donors (Lipinski definition) is 2. The zero-order chi connectivity index (χ0) is 23.8. The van der Waals surface area contributed by atoms with Gasteiger partial charge in [0.1, 0.15) is 17.5 Å². The summed E-state index contributed by atoms with van der Waals surface area (Å²) >= 11 is 0. The molecule has 3 aromatic rings. The second-order valence-electron chi connectivity index (χ2n) is 7.97. The normalized spacial score (nSPS) is 15.1. The molecule has 1 aliphatic carbocycles. The molecule has 2 aromatic heterocycles. The van der Waals surface area contributed by atoms with Crippen molar-refractivity contribution in [3.8, 4) is 0 Å². The fourth-order valence-corrected chi connectivity index (χ4v) is 3.54. The number of nitrogens with one attached hydrogen (secondary N) is 1. The summed E-state index contributed by atoms with van der Waals surface area (Å²) in [6, 6.07) is 1.91. The Hall–Kier alpha value is -3.05. The van der Waals surface area contributed by atoms with Gasteiger partial charge >= 0.3 is 6.18 Å². The number of halogens is 4. The quantitative estimate of drug-likeness (QED) is 0.392. The van der Waals surface area contributed by atoms with Crippen LogP contribution in [-0.2, 0) is 10.9 Å². The molecule has 7 nitrogen and oxygen atoms in total. The molecule has 1 saturated carbocycles. The number of aliphatic hydroxyl groups is 1. The van der Waals surface area contributed by atoms with Crippen molar-refractivity contribution >= 4 is 11.6 Å². The van der Waals surface area contributed by atoms with E-state index >= 15 is 0 Å². The highest BCUT2D eigenvalue weighted by atomic mass is 19.4. The second-order valence-corrected chi connectivity index (χ2v) is 7.97. The van der Waals surface area contributed by atoms with Crippen molar-refractivity contribution in [3.05, 3.63) is 64.4 Å². The van der Waals surface area contributed by atoms with Gasteiger partial charge in [-0.25, -0.2) is 13.9 Å². The van der Waals surface area contributed by atoms with E-state index in [0.717, 1.165) is 24.5 Å². The molecular weight excluding hydrogens is 444 g/mol. The topological polar surface area (TPSA) is 88.8 Å². The number of carbonyl (C=O) groups excluding carboxylic acids is 1. The number of ether oxygens (including phenoxy) is 1. The summed E-state index contributed by atoms with van der Waals surface area (Å²) in [5.74, 6) is -1.05. The molecule has 176 valence electrons. The van der Waals surface area contributed by atoms with Crippen LogP contribution in [-0.4, -0.2) is 45.4 Å². The number of nitrogens with zero attached hydrogens (tertiary/aromatic N) is 3. The summed E-state index contributed by atoms with van der Waals surface area (Å²) in [5.41, 5.74) is 0.981. The number of carbonyl (C=O) groups is 1. The predicted molar refractivity (Wildman–Crippen MR) is 109 cm³/mol. The van der Waals surface area contributed by atoms with Gasteiger partial charge in [0.2, 0.25) is 0 Å². The lowest BCUT2D eigenvalue weighted by Gasteiger charge is -2.14. The summed E-state index contributed by atoms with van der Waals surface area (Å²) in [6.07, 6.45) is -0.227. The first-order valence-electron chi connectivity index (χ1n) is 10.4. The molecule has 0 saturated heterocycles. The van der Waals surface area contributed by atoms with E-state index in [2.05, 4.69) is 15.4 Å². The molecule has 1 aromatic carbocycles. The van der Waals surface area contributed by atoms with Crippen molar-refractivity contribution in [2.75, 3.05) is 19.8 Å². The molecule has 1 atom stereocenters. The SMILES string of the molecule is Cc1nn2cc(C3CC3)cnc2c1C(=O)NCCOC[C@@H](O)c1ccc(C(F)(F)F)cc1F. The van der Waals surface area contributed by atoms with E-state index < -0.39 is 23.7 Å². The molecule has 0 bridgehead atoms. The number of fused-ring (bicyclic) bond motifs is 1. The Labute approximate surface area is 186 Å². The van der Waals surface area contributed by atoms with Gasteiger partial charge in [0.05, 0.1) is 24.5 Å². The number of aliphatic hydroxyl groups excluding tert-OH is 1. The van der Waals surface area contributed by atoms with E-state index in [0.29, 0.717) is 35.0 Å². The van der Waals surface area contributed by atoms with Gasteiger partial charge in [-0.2, -0.15) is 18.3 Å². The van der Waals surface area contributed by atoms with Gasteiger partial charge in [-0.3, -0.25) is 4.79 Å². The highest BCUT2D eigenvalue weighted by Crippen LogP contribution is 2.39. The number of hydrogen-bond acceptors (Lipinski definition) is 5. The number of aryl methyl sites for hydroxylation is 1. The van der Waals surface area contributed by atoms with Gasteiger partial charge in [0.25, 0.3) is 5.91 Å². The third-order valence-electron chi connectivity index (χ3n) is 5.44. The highest BCUT2D eigenvalue weighted by molar-refractivity contribution is 6.00. The predicted octanol–water partition coefficient (Wildman–Crippen LogP) is 3.55. The van der Waals surface area contributed by atoms with Gasteiger partial charge in [-0.05, 0) is 43.4 Å². The highest BCUT2D eigenvalue weighted by Gasteiger charge is 2.31. The average Bonchev–Trinajstić information content (AvgIpc) is 3.54. The maximum Gasteiger partial charge on any atom is 0.416 e.